The molecule has 0 saturated heterocycles. The van der Waals surface area contributed by atoms with E-state index in [9.17, 15) is 14.4 Å². The molecule has 3 aromatic rings. The minimum Gasteiger partial charge on any atom is -0.494 e. The summed E-state index contributed by atoms with van der Waals surface area (Å²) in [6, 6.07) is 17.1. The normalized spacial score (nSPS) is 14.2. The molecule has 0 radical (unpaired) electrons. The van der Waals surface area contributed by atoms with Gasteiger partial charge < -0.3 is 28.9 Å². The van der Waals surface area contributed by atoms with Gasteiger partial charge in [0.05, 0.1) is 12.3 Å². The summed E-state index contributed by atoms with van der Waals surface area (Å²) >= 11 is 0. The third-order valence-electron chi connectivity index (χ3n) is 9.57. The van der Waals surface area contributed by atoms with Crippen LogP contribution in [0, 0.1) is 20.8 Å². The number of hydrogen-bond donors (Lipinski definition) is 1. The first kappa shape index (κ1) is 37.2. The highest BCUT2D eigenvalue weighted by Crippen LogP contribution is 2.30. The second kappa shape index (κ2) is 17.2. The first-order valence-corrected chi connectivity index (χ1v) is 17.8. The Morgan fingerprint density at radius 1 is 0.902 bits per heavy atom. The Kier molecular flexibility index (Phi) is 12.6. The molecule has 2 aliphatic rings. The molecular formula is C40H51N5O6. The predicted molar refractivity (Wildman–Crippen MR) is 199 cm³/mol. The van der Waals surface area contributed by atoms with Crippen molar-refractivity contribution in [1.29, 1.82) is 0 Å². The fourth-order valence-corrected chi connectivity index (χ4v) is 6.68. The monoisotopic (exact) mass is 697 g/mol. The number of benzene rings is 3. The summed E-state index contributed by atoms with van der Waals surface area (Å²) in [6.07, 6.45) is 6.11. The maximum absolute atomic E-state index is 13.2. The fourth-order valence-electron chi connectivity index (χ4n) is 6.68. The second-order valence-electron chi connectivity index (χ2n) is 13.8. The number of anilines is 1. The lowest BCUT2D eigenvalue weighted by Gasteiger charge is -2.31. The molecule has 1 aliphatic heterocycles. The van der Waals surface area contributed by atoms with Gasteiger partial charge in [-0.25, -0.2) is 9.79 Å². The quantitative estimate of drug-likeness (QED) is 0.160. The van der Waals surface area contributed by atoms with Crippen molar-refractivity contribution >= 4 is 35.3 Å². The van der Waals surface area contributed by atoms with Gasteiger partial charge in [0.15, 0.2) is 0 Å². The number of nitrogens with one attached hydrogen (secondary N) is 1. The molecule has 0 atom stereocenters. The molecule has 2 amide bonds. The van der Waals surface area contributed by atoms with Crippen LogP contribution in [0.4, 0.5) is 16.2 Å². The molecule has 1 aliphatic carbocycles. The fraction of sp³-hybridized carbons (Fsp3) is 0.450. The second-order valence-corrected chi connectivity index (χ2v) is 13.8. The molecule has 0 spiro atoms. The summed E-state index contributed by atoms with van der Waals surface area (Å²) in [5, 5.41) is 2.73. The molecule has 0 bridgehead atoms. The van der Waals surface area contributed by atoms with Crippen LogP contribution in [0.5, 0.6) is 11.5 Å². The Balaban J connectivity index is 1.24. The Morgan fingerprint density at radius 2 is 1.59 bits per heavy atom. The lowest BCUT2D eigenvalue weighted by atomic mass is 9.94. The summed E-state index contributed by atoms with van der Waals surface area (Å²) in [5.41, 5.74) is 6.66. The van der Waals surface area contributed by atoms with Crippen molar-refractivity contribution in [1.82, 2.24) is 15.1 Å². The third-order valence-corrected chi connectivity index (χ3v) is 9.57. The number of esters is 1. The summed E-state index contributed by atoms with van der Waals surface area (Å²) in [7, 11) is 5.78. The largest absolute Gasteiger partial charge is 0.494 e. The van der Waals surface area contributed by atoms with E-state index in [1.165, 1.54) is 19.3 Å². The van der Waals surface area contributed by atoms with Gasteiger partial charge in [-0.1, -0.05) is 37.0 Å². The third kappa shape index (κ3) is 10.2. The van der Waals surface area contributed by atoms with Crippen LogP contribution in [0.25, 0.3) is 0 Å². The van der Waals surface area contributed by atoms with Crippen LogP contribution in [0.3, 0.4) is 0 Å². The molecule has 1 saturated carbocycles. The van der Waals surface area contributed by atoms with E-state index in [0.29, 0.717) is 42.7 Å². The van der Waals surface area contributed by atoms with Gasteiger partial charge >= 0.3 is 12.1 Å². The van der Waals surface area contributed by atoms with Gasteiger partial charge in [-0.3, -0.25) is 14.9 Å². The minimum atomic E-state index is -0.734. The van der Waals surface area contributed by atoms with Crippen molar-refractivity contribution in [2.24, 2.45) is 4.99 Å². The summed E-state index contributed by atoms with van der Waals surface area (Å²) in [4.78, 5) is 49.2. The number of ether oxygens (including phenoxy) is 3. The molecule has 51 heavy (non-hydrogen) atoms. The smallest absolute Gasteiger partial charge is 0.419 e. The summed E-state index contributed by atoms with van der Waals surface area (Å²) in [5.74, 6) is 0.877. The number of amides is 2. The zero-order chi connectivity index (χ0) is 36.5. The SMILES string of the molecule is Cc1cc(C)c(COC(=O)CN2Cc3cc(OCCCC(=O)N(C)C4CCCCC4)ccc3N=C2NC(=O)Oc2ccc(N(C)C)cc2)c(C)c1. The zero-order valence-electron chi connectivity index (χ0n) is 30.8. The van der Waals surface area contributed by atoms with Crippen molar-refractivity contribution in [2.45, 2.75) is 84.9 Å². The van der Waals surface area contributed by atoms with E-state index < -0.39 is 12.1 Å². The number of carbonyl (C=O) groups excluding carboxylic acids is 3. The number of hydrogen-bond acceptors (Lipinski definition) is 9. The maximum Gasteiger partial charge on any atom is 0.419 e. The number of nitrogens with zero attached hydrogens (tertiary/aromatic N) is 4. The number of aliphatic imine (C=N–C) groups is 1. The van der Waals surface area contributed by atoms with Gasteiger partial charge in [0.1, 0.15) is 24.7 Å². The molecule has 0 aromatic heterocycles. The van der Waals surface area contributed by atoms with Gasteiger partial charge in [-0.15, -0.1) is 0 Å². The highest BCUT2D eigenvalue weighted by molar-refractivity contribution is 5.98. The van der Waals surface area contributed by atoms with E-state index in [1.54, 1.807) is 17.0 Å². The molecular weight excluding hydrogens is 646 g/mol. The summed E-state index contributed by atoms with van der Waals surface area (Å²) in [6.45, 7) is 6.71. The van der Waals surface area contributed by atoms with Crippen LogP contribution in [0.1, 0.15) is 72.8 Å². The Labute approximate surface area is 301 Å². The molecule has 1 heterocycles. The average Bonchev–Trinajstić information content (AvgIpc) is 3.10. The van der Waals surface area contributed by atoms with Gasteiger partial charge in [-0.05, 0) is 99.2 Å². The van der Waals surface area contributed by atoms with Crippen molar-refractivity contribution < 1.29 is 28.6 Å². The molecule has 11 heteroatoms. The van der Waals surface area contributed by atoms with E-state index >= 15 is 0 Å². The van der Waals surface area contributed by atoms with Gasteiger partial charge in [0.25, 0.3) is 0 Å². The maximum atomic E-state index is 13.2. The van der Waals surface area contributed by atoms with Crippen LogP contribution in [-0.2, 0) is 27.5 Å². The molecule has 3 aromatic carbocycles. The Hall–Kier alpha value is -5.06. The number of rotatable bonds is 12. The lowest BCUT2D eigenvalue weighted by molar-refractivity contribution is -0.145. The molecule has 1 N–H and O–H groups in total. The van der Waals surface area contributed by atoms with E-state index in [1.807, 2.05) is 82.0 Å². The number of fused-ring (bicyclic) bond motifs is 1. The van der Waals surface area contributed by atoms with E-state index in [-0.39, 0.29) is 31.6 Å². The van der Waals surface area contributed by atoms with Crippen molar-refractivity contribution in [3.63, 3.8) is 0 Å². The molecule has 1 fully saturated rings. The summed E-state index contributed by atoms with van der Waals surface area (Å²) < 4.78 is 17.3. The number of aryl methyl sites for hydroxylation is 3. The number of carbonyl (C=O) groups is 3. The van der Waals surface area contributed by atoms with E-state index in [2.05, 4.69) is 22.4 Å². The van der Waals surface area contributed by atoms with E-state index in [4.69, 9.17) is 14.2 Å². The van der Waals surface area contributed by atoms with Crippen LogP contribution in [0.15, 0.2) is 59.6 Å². The average molecular weight is 698 g/mol. The van der Waals surface area contributed by atoms with Gasteiger partial charge in [-0.2, -0.15) is 0 Å². The first-order chi connectivity index (χ1) is 24.5. The van der Waals surface area contributed by atoms with Crippen molar-refractivity contribution in [3.8, 4) is 11.5 Å². The van der Waals surface area contributed by atoms with Crippen LogP contribution >= 0.6 is 0 Å². The Bertz CT molecular complexity index is 1710. The van der Waals surface area contributed by atoms with Gasteiger partial charge in [0.2, 0.25) is 11.9 Å². The standard InChI is InChI=1S/C40H51N5O6/c1-27-21-28(2)35(29(3)22-27)26-50-38(47)25-45-24-30-23-34(49-20-10-13-37(46)44(6)32-11-8-7-9-12-32)18-19-36(30)41-39(45)42-40(48)51-33-16-14-31(15-17-33)43(4)5/h14-19,21-23,32H,7-13,20,24-26H2,1-6H3,(H,41,42,48). The minimum absolute atomic E-state index is 0.142. The van der Waals surface area contributed by atoms with Crippen LogP contribution in [-0.4, -0.2) is 74.1 Å². The molecule has 0 unspecified atom stereocenters. The van der Waals surface area contributed by atoms with E-state index in [0.717, 1.165) is 46.3 Å². The lowest BCUT2D eigenvalue weighted by Crippen LogP contribution is -2.48. The Morgan fingerprint density at radius 3 is 2.27 bits per heavy atom. The highest BCUT2D eigenvalue weighted by atomic mass is 16.6. The zero-order valence-corrected chi connectivity index (χ0v) is 30.8. The van der Waals surface area contributed by atoms with Crippen LogP contribution in [0.2, 0.25) is 0 Å². The van der Waals surface area contributed by atoms with Crippen molar-refractivity contribution in [3.05, 3.63) is 82.4 Å². The van der Waals surface area contributed by atoms with Crippen molar-refractivity contribution in [2.75, 3.05) is 39.2 Å². The number of guanidine groups is 1. The first-order valence-electron chi connectivity index (χ1n) is 17.8. The predicted octanol–water partition coefficient (Wildman–Crippen LogP) is 6.96. The molecule has 5 rings (SSSR count). The highest BCUT2D eigenvalue weighted by Gasteiger charge is 2.26. The van der Waals surface area contributed by atoms with Gasteiger partial charge in [0, 0.05) is 51.4 Å². The molecule has 272 valence electrons. The topological polar surface area (TPSA) is 113 Å². The molecule has 11 nitrogen and oxygen atoms in total. The van der Waals surface area contributed by atoms with Crippen LogP contribution < -0.4 is 19.7 Å².